The lowest BCUT2D eigenvalue weighted by Gasteiger charge is -2.17. The number of urea groups is 1. The van der Waals surface area contributed by atoms with Crippen molar-refractivity contribution in [3.05, 3.63) is 41.4 Å². The highest BCUT2D eigenvalue weighted by molar-refractivity contribution is 6.31. The van der Waals surface area contributed by atoms with Crippen LogP contribution in [0.1, 0.15) is 0 Å². The molecule has 0 atom stereocenters. The van der Waals surface area contributed by atoms with Crippen LogP contribution in [0.25, 0.3) is 0 Å². The number of nitrogens with one attached hydrogen (secondary N) is 1. The summed E-state index contributed by atoms with van der Waals surface area (Å²) in [4.78, 5) is 24.4. The number of rotatable bonds is 3. The summed E-state index contributed by atoms with van der Waals surface area (Å²) >= 11 is 5.82. The van der Waals surface area contributed by atoms with Crippen LogP contribution in [-0.2, 0) is 4.79 Å². The minimum atomic E-state index is -0.753. The molecule has 2 aromatic rings. The zero-order valence-electron chi connectivity index (χ0n) is 11.7. The van der Waals surface area contributed by atoms with E-state index in [-0.39, 0.29) is 18.2 Å². The molecule has 0 saturated heterocycles. The number of anilines is 2. The molecular weight excluding hydrogens is 324 g/mol. The van der Waals surface area contributed by atoms with Gasteiger partial charge >= 0.3 is 6.03 Å². The maximum absolute atomic E-state index is 12.3. The van der Waals surface area contributed by atoms with Gasteiger partial charge in [-0.1, -0.05) is 11.6 Å². The van der Waals surface area contributed by atoms with E-state index >= 15 is 0 Å². The normalized spacial score (nSPS) is 11.9. The number of carbonyl (C=O) groups excluding carboxylic acids is 2. The number of ether oxygens (including phenoxy) is 2. The number of fused-ring (bicyclic) bond motifs is 1. The van der Waals surface area contributed by atoms with Gasteiger partial charge in [-0.3, -0.25) is 4.79 Å². The number of hydrogen-bond acceptors (Lipinski definition) is 5. The van der Waals surface area contributed by atoms with Gasteiger partial charge in [-0.15, -0.1) is 0 Å². The Balaban J connectivity index is 1.84. The van der Waals surface area contributed by atoms with Gasteiger partial charge in [-0.25, -0.2) is 9.69 Å². The van der Waals surface area contributed by atoms with Crippen LogP contribution in [0.15, 0.2) is 36.4 Å². The van der Waals surface area contributed by atoms with E-state index < -0.39 is 6.03 Å². The summed E-state index contributed by atoms with van der Waals surface area (Å²) in [5, 5.41) is 12.5. The first kappa shape index (κ1) is 15.0. The number of halogens is 1. The van der Waals surface area contributed by atoms with Crippen LogP contribution >= 0.6 is 11.6 Å². The van der Waals surface area contributed by atoms with Gasteiger partial charge in [0.25, 0.3) is 0 Å². The van der Waals surface area contributed by atoms with Crippen LogP contribution in [-0.4, -0.2) is 24.3 Å². The number of imide groups is 1. The molecule has 2 N–H and O–H groups in total. The van der Waals surface area contributed by atoms with Crippen molar-refractivity contribution >= 4 is 35.4 Å². The van der Waals surface area contributed by atoms with Gasteiger partial charge in [-0.05, 0) is 30.3 Å². The lowest BCUT2D eigenvalue weighted by molar-refractivity contribution is -0.106. The second-order valence-electron chi connectivity index (χ2n) is 4.60. The third-order valence-electron chi connectivity index (χ3n) is 3.16. The fourth-order valence-corrected chi connectivity index (χ4v) is 2.22. The van der Waals surface area contributed by atoms with Crippen molar-refractivity contribution in [2.45, 2.75) is 0 Å². The highest BCUT2D eigenvalue weighted by Gasteiger charge is 2.20. The van der Waals surface area contributed by atoms with Gasteiger partial charge in [0.05, 0.1) is 11.4 Å². The number of hydrogen-bond donors (Lipinski definition) is 2. The molecule has 0 bridgehead atoms. The Morgan fingerprint density at radius 3 is 2.78 bits per heavy atom. The minimum absolute atomic E-state index is 0.0858. The first-order valence-electron chi connectivity index (χ1n) is 6.52. The fourth-order valence-electron chi connectivity index (χ4n) is 2.04. The van der Waals surface area contributed by atoms with Crippen LogP contribution in [0.5, 0.6) is 17.2 Å². The van der Waals surface area contributed by atoms with E-state index in [4.69, 9.17) is 21.1 Å². The van der Waals surface area contributed by atoms with Crippen LogP contribution < -0.4 is 19.7 Å². The second-order valence-corrected chi connectivity index (χ2v) is 5.04. The third kappa shape index (κ3) is 3.00. The highest BCUT2D eigenvalue weighted by atomic mass is 35.5. The summed E-state index contributed by atoms with van der Waals surface area (Å²) in [5.74, 6) is 0.805. The third-order valence-corrected chi connectivity index (χ3v) is 3.39. The molecule has 3 rings (SSSR count). The number of nitrogens with zero attached hydrogens (tertiary/aromatic N) is 1. The van der Waals surface area contributed by atoms with Crippen molar-refractivity contribution in [1.82, 2.24) is 0 Å². The molecule has 1 aliphatic rings. The van der Waals surface area contributed by atoms with E-state index in [1.165, 1.54) is 24.3 Å². The van der Waals surface area contributed by atoms with Gasteiger partial charge in [0.1, 0.15) is 5.75 Å². The Labute approximate surface area is 136 Å². The number of benzene rings is 2. The van der Waals surface area contributed by atoms with Crippen LogP contribution in [0, 0.1) is 0 Å². The van der Waals surface area contributed by atoms with Crippen LogP contribution in [0.4, 0.5) is 16.2 Å². The number of phenols is 1. The maximum atomic E-state index is 12.3. The lowest BCUT2D eigenvalue weighted by atomic mass is 10.2. The molecule has 3 amide bonds. The second kappa shape index (κ2) is 6.05. The van der Waals surface area contributed by atoms with E-state index in [9.17, 15) is 14.7 Å². The molecule has 0 aromatic heterocycles. The largest absolute Gasteiger partial charge is 0.506 e. The Hall–Kier alpha value is -2.93. The molecule has 0 spiro atoms. The summed E-state index contributed by atoms with van der Waals surface area (Å²) in [6.07, 6.45) is 0.356. The Bertz CT molecular complexity index is 780. The molecule has 1 heterocycles. The summed E-state index contributed by atoms with van der Waals surface area (Å²) in [6.45, 7) is 0.0858. The monoisotopic (exact) mass is 334 g/mol. The molecule has 0 fully saturated rings. The molecular formula is C15H11ClN2O5. The molecule has 1 aliphatic heterocycles. The van der Waals surface area contributed by atoms with Crippen molar-refractivity contribution < 1.29 is 24.2 Å². The van der Waals surface area contributed by atoms with Gasteiger partial charge in [0, 0.05) is 11.1 Å². The molecule has 118 valence electrons. The number of phenolic OH excluding ortho intramolecular Hbond substituents is 1. The van der Waals surface area contributed by atoms with Crippen LogP contribution in [0.3, 0.4) is 0 Å². The smallest absolute Gasteiger partial charge is 0.333 e. The molecule has 0 aliphatic carbocycles. The number of aromatic hydroxyl groups is 1. The topological polar surface area (TPSA) is 88.1 Å². The average Bonchev–Trinajstić information content (AvgIpc) is 2.99. The zero-order valence-corrected chi connectivity index (χ0v) is 12.4. The molecule has 0 radical (unpaired) electrons. The van der Waals surface area contributed by atoms with Gasteiger partial charge in [0.2, 0.25) is 13.2 Å². The Kier molecular flexibility index (Phi) is 3.94. The summed E-state index contributed by atoms with van der Waals surface area (Å²) in [7, 11) is 0. The predicted molar refractivity (Wildman–Crippen MR) is 83.2 cm³/mol. The van der Waals surface area contributed by atoms with E-state index in [0.29, 0.717) is 28.6 Å². The zero-order chi connectivity index (χ0) is 16.4. The quantitative estimate of drug-likeness (QED) is 0.665. The van der Waals surface area contributed by atoms with Crippen molar-refractivity contribution in [2.75, 3.05) is 17.0 Å². The number of carbonyl (C=O) groups is 2. The van der Waals surface area contributed by atoms with E-state index in [0.717, 1.165) is 4.90 Å². The summed E-state index contributed by atoms with van der Waals surface area (Å²) in [5.41, 5.74) is 0.387. The molecule has 8 heteroatoms. The summed E-state index contributed by atoms with van der Waals surface area (Å²) < 4.78 is 10.4. The predicted octanol–water partition coefficient (Wildman–Crippen LogP) is 2.97. The van der Waals surface area contributed by atoms with E-state index in [2.05, 4.69) is 5.32 Å². The van der Waals surface area contributed by atoms with Gasteiger partial charge < -0.3 is 19.9 Å². The van der Waals surface area contributed by atoms with Crippen LogP contribution in [0.2, 0.25) is 5.02 Å². The summed E-state index contributed by atoms with van der Waals surface area (Å²) in [6, 6.07) is 8.07. The molecule has 23 heavy (non-hydrogen) atoms. The Morgan fingerprint density at radius 2 is 2.00 bits per heavy atom. The van der Waals surface area contributed by atoms with Crippen molar-refractivity contribution in [1.29, 1.82) is 0 Å². The maximum Gasteiger partial charge on any atom is 0.333 e. The van der Waals surface area contributed by atoms with E-state index in [1.54, 1.807) is 12.1 Å². The molecule has 7 nitrogen and oxygen atoms in total. The van der Waals surface area contributed by atoms with Gasteiger partial charge in [-0.2, -0.15) is 0 Å². The minimum Gasteiger partial charge on any atom is -0.506 e. The molecule has 0 unspecified atom stereocenters. The fraction of sp³-hybridized carbons (Fsp3) is 0.0667. The highest BCUT2D eigenvalue weighted by Crippen LogP contribution is 2.35. The Morgan fingerprint density at radius 1 is 1.22 bits per heavy atom. The standard InChI is InChI=1S/C15H11ClN2O5/c16-9-1-3-12(20)11(5-9)17-15(21)18(7-19)10-2-4-13-14(6-10)23-8-22-13/h1-7,20H,8H2,(H,17,21). The average molecular weight is 335 g/mol. The van der Waals surface area contributed by atoms with Crippen molar-refractivity contribution in [3.8, 4) is 17.2 Å². The van der Waals surface area contributed by atoms with Gasteiger partial charge in [0.15, 0.2) is 11.5 Å². The molecule has 2 aromatic carbocycles. The first-order valence-corrected chi connectivity index (χ1v) is 6.90. The van der Waals surface area contributed by atoms with Crippen molar-refractivity contribution in [3.63, 3.8) is 0 Å². The van der Waals surface area contributed by atoms with E-state index in [1.807, 2.05) is 0 Å². The number of amides is 3. The molecule has 0 saturated carbocycles. The first-order chi connectivity index (χ1) is 11.1. The van der Waals surface area contributed by atoms with Crippen molar-refractivity contribution in [2.24, 2.45) is 0 Å². The lowest BCUT2D eigenvalue weighted by Crippen LogP contribution is -2.33. The SMILES string of the molecule is O=CN(C(=O)Nc1cc(Cl)ccc1O)c1ccc2c(c1)OCO2.